The minimum absolute atomic E-state index is 0.345. The Morgan fingerprint density at radius 3 is 2.90 bits per heavy atom. The van der Waals surface area contributed by atoms with E-state index in [-0.39, 0.29) is 6.09 Å². The zero-order chi connectivity index (χ0) is 15.5. The first-order chi connectivity index (χ1) is 9.83. The van der Waals surface area contributed by atoms with Gasteiger partial charge >= 0.3 is 6.09 Å². The molecule has 6 heteroatoms. The largest absolute Gasteiger partial charge is 0.444 e. The SMILES string of the molecule is CC(C)(C)OC(=O)NC[C@H]1CCN(c2ccc(Br)cn2)C1. The predicted molar refractivity (Wildman–Crippen MR) is 86.5 cm³/mol. The van der Waals surface area contributed by atoms with Gasteiger partial charge in [-0.25, -0.2) is 9.78 Å². The first-order valence-corrected chi connectivity index (χ1v) is 7.96. The lowest BCUT2D eigenvalue weighted by atomic mass is 10.1. The molecule has 2 heterocycles. The third-order valence-electron chi connectivity index (χ3n) is 3.26. The Morgan fingerprint density at radius 1 is 1.52 bits per heavy atom. The molecule has 1 aromatic rings. The van der Waals surface area contributed by atoms with Crippen molar-refractivity contribution in [3.05, 3.63) is 22.8 Å². The highest BCUT2D eigenvalue weighted by Crippen LogP contribution is 2.22. The second-order valence-corrected chi connectivity index (χ2v) is 7.23. The first-order valence-electron chi connectivity index (χ1n) is 7.17. The van der Waals surface area contributed by atoms with Crippen molar-refractivity contribution in [2.45, 2.75) is 32.8 Å². The Balaban J connectivity index is 1.78. The van der Waals surface area contributed by atoms with E-state index in [1.165, 1.54) is 0 Å². The summed E-state index contributed by atoms with van der Waals surface area (Å²) in [4.78, 5) is 18.3. The van der Waals surface area contributed by atoms with Gasteiger partial charge in [-0.15, -0.1) is 0 Å². The topological polar surface area (TPSA) is 54.5 Å². The zero-order valence-corrected chi connectivity index (χ0v) is 14.3. The summed E-state index contributed by atoms with van der Waals surface area (Å²) in [6.07, 6.45) is 2.51. The van der Waals surface area contributed by atoms with Gasteiger partial charge in [-0.2, -0.15) is 0 Å². The second kappa shape index (κ2) is 6.64. The van der Waals surface area contributed by atoms with Gasteiger partial charge < -0.3 is 15.0 Å². The molecule has 2 rings (SSSR count). The van der Waals surface area contributed by atoms with Crippen LogP contribution >= 0.6 is 15.9 Å². The molecule has 0 bridgehead atoms. The number of nitrogens with zero attached hydrogens (tertiary/aromatic N) is 2. The first kappa shape index (κ1) is 16.1. The van der Waals surface area contributed by atoms with Gasteiger partial charge in [0.1, 0.15) is 11.4 Å². The molecule has 0 aliphatic carbocycles. The third kappa shape index (κ3) is 5.19. The van der Waals surface area contributed by atoms with Crippen LogP contribution < -0.4 is 10.2 Å². The molecular weight excluding hydrogens is 334 g/mol. The lowest BCUT2D eigenvalue weighted by Crippen LogP contribution is -2.36. The molecule has 0 radical (unpaired) electrons. The van der Waals surface area contributed by atoms with E-state index in [0.717, 1.165) is 29.8 Å². The molecule has 1 N–H and O–H groups in total. The van der Waals surface area contributed by atoms with Crippen LogP contribution in [-0.4, -0.2) is 36.3 Å². The number of carbonyl (C=O) groups is 1. The molecule has 1 aromatic heterocycles. The van der Waals surface area contributed by atoms with Crippen molar-refractivity contribution >= 4 is 27.8 Å². The maximum Gasteiger partial charge on any atom is 0.407 e. The number of rotatable bonds is 3. The molecular formula is C15H22BrN3O2. The van der Waals surface area contributed by atoms with E-state index >= 15 is 0 Å². The quantitative estimate of drug-likeness (QED) is 0.904. The summed E-state index contributed by atoms with van der Waals surface area (Å²) in [7, 11) is 0. The molecule has 1 amide bonds. The second-order valence-electron chi connectivity index (χ2n) is 6.32. The number of hydrogen-bond acceptors (Lipinski definition) is 4. The normalized spacial score (nSPS) is 18.7. The molecule has 0 spiro atoms. The van der Waals surface area contributed by atoms with Crippen molar-refractivity contribution in [2.75, 3.05) is 24.5 Å². The molecule has 0 aromatic carbocycles. The summed E-state index contributed by atoms with van der Waals surface area (Å²) in [6.45, 7) is 8.11. The number of aromatic nitrogens is 1. The molecule has 5 nitrogen and oxygen atoms in total. The standard InChI is InChI=1S/C15H22BrN3O2/c1-15(2,3)21-14(20)18-8-11-6-7-19(10-11)13-5-4-12(16)9-17-13/h4-5,9,11H,6-8,10H2,1-3H3,(H,18,20)/t11-/m1/s1. The van der Waals surface area contributed by atoms with Crippen LogP contribution in [0, 0.1) is 5.92 Å². The Labute approximate surface area is 134 Å². The lowest BCUT2D eigenvalue weighted by Gasteiger charge is -2.21. The van der Waals surface area contributed by atoms with Gasteiger partial charge in [-0.1, -0.05) is 0 Å². The Kier molecular flexibility index (Phi) is 5.08. The fraction of sp³-hybridized carbons (Fsp3) is 0.600. The minimum atomic E-state index is -0.451. The summed E-state index contributed by atoms with van der Waals surface area (Å²) in [6, 6.07) is 4.00. The van der Waals surface area contributed by atoms with E-state index in [4.69, 9.17) is 4.74 Å². The Hall–Kier alpha value is -1.30. The summed E-state index contributed by atoms with van der Waals surface area (Å²) in [5.41, 5.74) is -0.451. The van der Waals surface area contributed by atoms with Gasteiger partial charge in [-0.05, 0) is 61.2 Å². The van der Waals surface area contributed by atoms with E-state index in [2.05, 4.69) is 31.1 Å². The maximum atomic E-state index is 11.6. The average molecular weight is 356 g/mol. The molecule has 1 aliphatic rings. The Bertz CT molecular complexity index is 485. The molecule has 1 atom stereocenters. The predicted octanol–water partition coefficient (Wildman–Crippen LogP) is 3.20. The van der Waals surface area contributed by atoms with Gasteiger partial charge in [0.15, 0.2) is 0 Å². The van der Waals surface area contributed by atoms with Gasteiger partial charge in [0.05, 0.1) is 0 Å². The fourth-order valence-electron chi connectivity index (χ4n) is 2.30. The van der Waals surface area contributed by atoms with Crippen LogP contribution in [0.25, 0.3) is 0 Å². The number of carbonyl (C=O) groups excluding carboxylic acids is 1. The molecule has 21 heavy (non-hydrogen) atoms. The van der Waals surface area contributed by atoms with Crippen molar-refractivity contribution in [3.8, 4) is 0 Å². The highest BCUT2D eigenvalue weighted by Gasteiger charge is 2.24. The van der Waals surface area contributed by atoms with Crippen LogP contribution in [0.2, 0.25) is 0 Å². The number of anilines is 1. The van der Waals surface area contributed by atoms with Gasteiger partial charge in [0.25, 0.3) is 0 Å². The third-order valence-corrected chi connectivity index (χ3v) is 3.72. The number of nitrogens with one attached hydrogen (secondary N) is 1. The van der Waals surface area contributed by atoms with E-state index in [1.54, 1.807) is 0 Å². The van der Waals surface area contributed by atoms with Crippen LogP contribution in [0.4, 0.5) is 10.6 Å². The average Bonchev–Trinajstić information content (AvgIpc) is 2.84. The van der Waals surface area contributed by atoms with Crippen LogP contribution in [-0.2, 0) is 4.74 Å². The van der Waals surface area contributed by atoms with Crippen LogP contribution in [0.5, 0.6) is 0 Å². The number of hydrogen-bond donors (Lipinski definition) is 1. The van der Waals surface area contributed by atoms with Gasteiger partial charge in [0, 0.05) is 30.3 Å². The molecule has 0 saturated carbocycles. The number of ether oxygens (including phenoxy) is 1. The summed E-state index contributed by atoms with van der Waals surface area (Å²) >= 11 is 3.39. The summed E-state index contributed by atoms with van der Waals surface area (Å²) < 4.78 is 6.22. The van der Waals surface area contributed by atoms with Crippen LogP contribution in [0.3, 0.4) is 0 Å². The minimum Gasteiger partial charge on any atom is -0.444 e. The molecule has 1 fully saturated rings. The summed E-state index contributed by atoms with van der Waals surface area (Å²) in [5, 5.41) is 2.85. The monoisotopic (exact) mass is 355 g/mol. The van der Waals surface area contributed by atoms with E-state index in [9.17, 15) is 4.79 Å². The van der Waals surface area contributed by atoms with E-state index in [1.807, 2.05) is 39.1 Å². The van der Waals surface area contributed by atoms with Crippen LogP contribution in [0.15, 0.2) is 22.8 Å². The van der Waals surface area contributed by atoms with Crippen molar-refractivity contribution in [2.24, 2.45) is 5.92 Å². The van der Waals surface area contributed by atoms with Crippen LogP contribution in [0.1, 0.15) is 27.2 Å². The Morgan fingerprint density at radius 2 is 2.29 bits per heavy atom. The zero-order valence-electron chi connectivity index (χ0n) is 12.7. The van der Waals surface area contributed by atoms with E-state index < -0.39 is 5.60 Å². The number of amides is 1. The van der Waals surface area contributed by atoms with Crippen molar-refractivity contribution in [3.63, 3.8) is 0 Å². The molecule has 1 saturated heterocycles. The van der Waals surface area contributed by atoms with Gasteiger partial charge in [-0.3, -0.25) is 0 Å². The van der Waals surface area contributed by atoms with E-state index in [0.29, 0.717) is 12.5 Å². The highest BCUT2D eigenvalue weighted by molar-refractivity contribution is 9.10. The highest BCUT2D eigenvalue weighted by atomic mass is 79.9. The van der Waals surface area contributed by atoms with Crippen molar-refractivity contribution in [1.82, 2.24) is 10.3 Å². The summed E-state index contributed by atoms with van der Waals surface area (Å²) in [5.74, 6) is 1.42. The molecule has 1 aliphatic heterocycles. The maximum absolute atomic E-state index is 11.6. The lowest BCUT2D eigenvalue weighted by molar-refractivity contribution is 0.0520. The smallest absolute Gasteiger partial charge is 0.407 e. The van der Waals surface area contributed by atoms with Crippen molar-refractivity contribution in [1.29, 1.82) is 0 Å². The number of alkyl carbamates (subject to hydrolysis) is 1. The number of halogens is 1. The molecule has 116 valence electrons. The molecule has 0 unspecified atom stereocenters. The fourth-order valence-corrected chi connectivity index (χ4v) is 2.54. The van der Waals surface area contributed by atoms with Gasteiger partial charge in [0.2, 0.25) is 0 Å². The van der Waals surface area contributed by atoms with Crippen molar-refractivity contribution < 1.29 is 9.53 Å². The number of pyridine rings is 1.